The molecule has 1 atom stereocenters. The second-order valence-electron chi connectivity index (χ2n) is 7.04. The summed E-state index contributed by atoms with van der Waals surface area (Å²) in [5, 5.41) is 6.18. The second-order valence-corrected chi connectivity index (χ2v) is 9.67. The molecule has 0 aliphatic rings. The number of hydrogen-bond acceptors (Lipinski definition) is 7. The van der Waals surface area contributed by atoms with Crippen molar-refractivity contribution in [3.63, 3.8) is 0 Å². The summed E-state index contributed by atoms with van der Waals surface area (Å²) in [7, 11) is 3.49. The highest BCUT2D eigenvalue weighted by Gasteiger charge is 2.09. The lowest BCUT2D eigenvalue weighted by Crippen LogP contribution is -2.25. The Bertz CT molecular complexity index is 454. The Morgan fingerprint density at radius 3 is 2.38 bits per heavy atom. The van der Waals surface area contributed by atoms with Crippen LogP contribution in [0.5, 0.6) is 0 Å². The van der Waals surface area contributed by atoms with Gasteiger partial charge in [0.15, 0.2) is 0 Å². The van der Waals surface area contributed by atoms with Crippen LogP contribution in [0.4, 0.5) is 0 Å². The van der Waals surface area contributed by atoms with Crippen molar-refractivity contribution >= 4 is 27.5 Å². The van der Waals surface area contributed by atoms with E-state index >= 15 is 0 Å². The highest BCUT2D eigenvalue weighted by molar-refractivity contribution is 8.76. The quantitative estimate of drug-likeness (QED) is 0.144. The maximum Gasteiger partial charge on any atom is 0.223 e. The molecule has 0 rings (SSSR count). The molecule has 0 aromatic rings. The van der Waals surface area contributed by atoms with E-state index in [1.165, 1.54) is 0 Å². The number of rotatable bonds is 18. The smallest absolute Gasteiger partial charge is 0.223 e. The molecule has 0 aromatic heterocycles. The summed E-state index contributed by atoms with van der Waals surface area (Å²) >= 11 is 0. The lowest BCUT2D eigenvalue weighted by atomic mass is 10.2. The van der Waals surface area contributed by atoms with Gasteiger partial charge in [-0.05, 0) is 25.6 Å². The van der Waals surface area contributed by atoms with Gasteiger partial charge in [-0.3, -0.25) is 4.79 Å². The molecular formula is C21H40N2O4S2. The van der Waals surface area contributed by atoms with E-state index in [1.54, 1.807) is 21.6 Å². The Hall–Kier alpha value is -0.430. The summed E-state index contributed by atoms with van der Waals surface area (Å²) in [5.74, 6) is 6.20. The van der Waals surface area contributed by atoms with Crippen LogP contribution in [0.2, 0.25) is 0 Å². The first-order valence-electron chi connectivity index (χ1n) is 10.4. The number of amides is 1. The SMILES string of the molecule is CSSC(CCCNC(C)C)OCCOCCOCCC(=O)NCC#CC(C)C. The van der Waals surface area contributed by atoms with Gasteiger partial charge in [0.2, 0.25) is 5.91 Å². The van der Waals surface area contributed by atoms with Crippen LogP contribution in [0.15, 0.2) is 0 Å². The number of nitrogens with one attached hydrogen (secondary N) is 2. The van der Waals surface area contributed by atoms with E-state index in [-0.39, 0.29) is 11.3 Å². The van der Waals surface area contributed by atoms with Crippen molar-refractivity contribution in [2.45, 2.75) is 58.4 Å². The summed E-state index contributed by atoms with van der Waals surface area (Å²) in [5.41, 5.74) is 0.197. The summed E-state index contributed by atoms with van der Waals surface area (Å²) in [4.78, 5) is 11.6. The van der Waals surface area contributed by atoms with Crippen LogP contribution in [0, 0.1) is 17.8 Å². The minimum atomic E-state index is -0.0432. The zero-order chi connectivity index (χ0) is 21.7. The van der Waals surface area contributed by atoms with Crippen LogP contribution in [0.25, 0.3) is 0 Å². The third-order valence-electron chi connectivity index (χ3n) is 3.51. The topological polar surface area (TPSA) is 68.8 Å². The van der Waals surface area contributed by atoms with Gasteiger partial charge in [0.05, 0.1) is 39.6 Å². The molecule has 0 aliphatic carbocycles. The number of hydrogen-bond donors (Lipinski definition) is 2. The van der Waals surface area contributed by atoms with Gasteiger partial charge < -0.3 is 24.8 Å². The third kappa shape index (κ3) is 22.1. The van der Waals surface area contributed by atoms with Gasteiger partial charge in [-0.2, -0.15) is 0 Å². The lowest BCUT2D eigenvalue weighted by molar-refractivity contribution is -0.122. The molecule has 0 aliphatic heterocycles. The normalized spacial score (nSPS) is 12.1. The Kier molecular flexibility index (Phi) is 20.5. The van der Waals surface area contributed by atoms with E-state index in [1.807, 2.05) is 13.8 Å². The third-order valence-corrected chi connectivity index (χ3v) is 5.51. The minimum Gasteiger partial charge on any atom is -0.379 e. The Balaban J connectivity index is 3.53. The number of carbonyl (C=O) groups is 1. The Morgan fingerprint density at radius 1 is 1.03 bits per heavy atom. The monoisotopic (exact) mass is 448 g/mol. The van der Waals surface area contributed by atoms with Gasteiger partial charge in [0.25, 0.3) is 0 Å². The van der Waals surface area contributed by atoms with E-state index in [2.05, 4.69) is 42.6 Å². The summed E-state index contributed by atoms with van der Waals surface area (Å²) < 4.78 is 16.8. The number of carbonyl (C=O) groups excluding carboxylic acids is 1. The van der Waals surface area contributed by atoms with E-state index in [4.69, 9.17) is 14.2 Å². The maximum atomic E-state index is 11.6. The summed E-state index contributed by atoms with van der Waals surface area (Å²) in [6.45, 7) is 12.3. The Morgan fingerprint density at radius 2 is 1.72 bits per heavy atom. The van der Waals surface area contributed by atoms with E-state index in [0.717, 1.165) is 19.4 Å². The second kappa shape index (κ2) is 20.8. The molecule has 1 amide bonds. The molecule has 6 nitrogen and oxygen atoms in total. The van der Waals surface area contributed by atoms with Crippen molar-refractivity contribution < 1.29 is 19.0 Å². The van der Waals surface area contributed by atoms with Crippen LogP contribution in [0.1, 0.15) is 47.0 Å². The summed E-state index contributed by atoms with van der Waals surface area (Å²) in [6.07, 6.45) is 4.54. The van der Waals surface area contributed by atoms with Crippen molar-refractivity contribution in [1.29, 1.82) is 0 Å². The van der Waals surface area contributed by atoms with Crippen LogP contribution in [-0.4, -0.2) is 69.8 Å². The van der Waals surface area contributed by atoms with Gasteiger partial charge in [0.1, 0.15) is 5.44 Å². The van der Waals surface area contributed by atoms with E-state index < -0.39 is 0 Å². The fraction of sp³-hybridized carbons (Fsp3) is 0.857. The summed E-state index contributed by atoms with van der Waals surface area (Å²) in [6, 6.07) is 0.525. The largest absolute Gasteiger partial charge is 0.379 e. The standard InChI is InChI=1S/C21H40N2O4S2/c1-18(2)8-6-12-23-20(24)10-13-25-14-15-26-16-17-27-21(29-28-5)9-7-11-22-19(3)4/h18-19,21-22H,7,9-17H2,1-5H3,(H,23,24). The molecule has 8 heteroatoms. The molecule has 1 unspecified atom stereocenters. The van der Waals surface area contributed by atoms with Gasteiger partial charge in [0, 0.05) is 18.4 Å². The zero-order valence-electron chi connectivity index (χ0n) is 18.8. The Labute approximate surface area is 185 Å². The molecule has 0 heterocycles. The first-order chi connectivity index (χ1) is 14.0. The fourth-order valence-electron chi connectivity index (χ4n) is 2.14. The molecule has 0 aromatic carbocycles. The number of ether oxygens (including phenoxy) is 3. The van der Waals surface area contributed by atoms with Crippen molar-refractivity contribution in [2.24, 2.45) is 5.92 Å². The molecule has 0 saturated heterocycles. The van der Waals surface area contributed by atoms with Crippen molar-refractivity contribution in [3.05, 3.63) is 0 Å². The van der Waals surface area contributed by atoms with E-state index in [0.29, 0.717) is 58.0 Å². The highest BCUT2D eigenvalue weighted by atomic mass is 33.1. The molecule has 2 N–H and O–H groups in total. The van der Waals surface area contributed by atoms with E-state index in [9.17, 15) is 4.79 Å². The molecule has 0 fully saturated rings. The fourth-order valence-corrected chi connectivity index (χ4v) is 3.87. The first-order valence-corrected chi connectivity index (χ1v) is 13.0. The molecule has 29 heavy (non-hydrogen) atoms. The van der Waals surface area contributed by atoms with Gasteiger partial charge in [-0.25, -0.2) is 0 Å². The van der Waals surface area contributed by atoms with Crippen LogP contribution in [0.3, 0.4) is 0 Å². The van der Waals surface area contributed by atoms with Gasteiger partial charge in [-0.1, -0.05) is 61.1 Å². The molecule has 0 spiro atoms. The first kappa shape index (κ1) is 28.6. The van der Waals surface area contributed by atoms with Crippen LogP contribution in [-0.2, 0) is 19.0 Å². The van der Waals surface area contributed by atoms with Gasteiger partial charge >= 0.3 is 0 Å². The molecule has 170 valence electrons. The van der Waals surface area contributed by atoms with Gasteiger partial charge in [-0.15, -0.1) is 0 Å². The van der Waals surface area contributed by atoms with Crippen LogP contribution >= 0.6 is 21.6 Å². The highest BCUT2D eigenvalue weighted by Crippen LogP contribution is 2.27. The molecule has 0 bridgehead atoms. The molecule has 0 radical (unpaired) electrons. The minimum absolute atomic E-state index is 0.0432. The van der Waals surface area contributed by atoms with Crippen LogP contribution < -0.4 is 10.6 Å². The average Bonchev–Trinajstić information content (AvgIpc) is 2.66. The molecule has 0 saturated carbocycles. The zero-order valence-corrected chi connectivity index (χ0v) is 20.4. The predicted molar refractivity (Wildman–Crippen MR) is 125 cm³/mol. The molecular weight excluding hydrogens is 408 g/mol. The maximum absolute atomic E-state index is 11.6. The average molecular weight is 449 g/mol. The van der Waals surface area contributed by atoms with Crippen molar-refractivity contribution in [3.8, 4) is 11.8 Å². The lowest BCUT2D eigenvalue weighted by Gasteiger charge is -2.17. The van der Waals surface area contributed by atoms with Crippen molar-refractivity contribution in [1.82, 2.24) is 10.6 Å². The van der Waals surface area contributed by atoms with Crippen molar-refractivity contribution in [2.75, 3.05) is 52.4 Å². The predicted octanol–water partition coefficient (Wildman–Crippen LogP) is 3.32.